The minimum Gasteiger partial charge on any atom is -0.365 e. The molecule has 0 radical (unpaired) electrons. The van der Waals surface area contributed by atoms with Crippen molar-refractivity contribution in [1.29, 1.82) is 10.7 Å². The summed E-state index contributed by atoms with van der Waals surface area (Å²) in [7, 11) is 0. The minimum atomic E-state index is -2.43. The number of rotatable bonds is 7. The maximum Gasteiger partial charge on any atom is 0.254 e. The van der Waals surface area contributed by atoms with Gasteiger partial charge in [-0.1, -0.05) is 0 Å². The Kier molecular flexibility index (Phi) is 6.19. The molecule has 0 saturated heterocycles. The molecule has 1 aromatic heterocycles. The third-order valence-corrected chi connectivity index (χ3v) is 4.81. The average Bonchev–Trinajstić information content (AvgIpc) is 3.10. The van der Waals surface area contributed by atoms with E-state index in [9.17, 15) is 13.6 Å². The van der Waals surface area contributed by atoms with E-state index in [0.717, 1.165) is 0 Å². The van der Waals surface area contributed by atoms with Crippen molar-refractivity contribution in [3.63, 3.8) is 0 Å². The van der Waals surface area contributed by atoms with E-state index >= 15 is 0 Å². The first-order valence-corrected chi connectivity index (χ1v) is 9.12. The number of hydrogen-bond acceptors (Lipinski definition) is 6. The van der Waals surface area contributed by atoms with Crippen LogP contribution >= 0.6 is 0 Å². The molecule has 1 aliphatic rings. The van der Waals surface area contributed by atoms with Gasteiger partial charge in [-0.15, -0.1) is 0 Å². The third kappa shape index (κ3) is 4.94. The minimum absolute atomic E-state index is 0.171. The summed E-state index contributed by atoms with van der Waals surface area (Å²) < 4.78 is 26.3. The van der Waals surface area contributed by atoms with Gasteiger partial charge in [0.2, 0.25) is 0 Å². The molecule has 1 aliphatic carbocycles. The van der Waals surface area contributed by atoms with Gasteiger partial charge < -0.3 is 21.8 Å². The Morgan fingerprint density at radius 3 is 2.69 bits per heavy atom. The molecule has 1 saturated carbocycles. The van der Waals surface area contributed by atoms with Crippen molar-refractivity contribution in [2.24, 2.45) is 5.73 Å². The first kappa shape index (κ1) is 20.4. The highest BCUT2D eigenvalue weighted by Crippen LogP contribution is 2.28. The molecule has 0 aliphatic heterocycles. The number of primary amides is 1. The second-order valence-electron chi connectivity index (χ2n) is 6.87. The van der Waals surface area contributed by atoms with Crippen LogP contribution in [0.25, 0.3) is 0 Å². The number of benzene rings is 1. The van der Waals surface area contributed by atoms with Crippen molar-refractivity contribution < 1.29 is 13.6 Å². The standard InChI is InChI=1S/C19H21F2N7O/c20-17(21)9-25-13-5-6-16(15(23)7-13)28-10-14(18(24)29)19(27-28)26-12-3-1-11(8-22)2-4-12/h1-4,10,13,16-17,23,25H,5-7,9H2,(H2,24,29)(H,26,27)/t13-,16-/m0/s1. The summed E-state index contributed by atoms with van der Waals surface area (Å²) in [5, 5.41) is 27.4. The molecular formula is C19H21F2N7O. The first-order valence-electron chi connectivity index (χ1n) is 9.12. The summed E-state index contributed by atoms with van der Waals surface area (Å²) in [6.07, 6.45) is 0.559. The molecule has 1 heterocycles. The third-order valence-electron chi connectivity index (χ3n) is 4.81. The molecule has 1 aromatic carbocycles. The zero-order valence-electron chi connectivity index (χ0n) is 15.5. The van der Waals surface area contributed by atoms with Crippen molar-refractivity contribution in [2.45, 2.75) is 37.8 Å². The fourth-order valence-electron chi connectivity index (χ4n) is 3.35. The van der Waals surface area contributed by atoms with Crippen LogP contribution in [0.5, 0.6) is 0 Å². The predicted octanol–water partition coefficient (Wildman–Crippen LogP) is 2.57. The van der Waals surface area contributed by atoms with Gasteiger partial charge in [-0.3, -0.25) is 9.48 Å². The Labute approximate surface area is 166 Å². The maximum absolute atomic E-state index is 12.4. The Morgan fingerprint density at radius 2 is 2.10 bits per heavy atom. The zero-order chi connectivity index (χ0) is 21.0. The molecule has 10 heteroatoms. The number of amides is 1. The lowest BCUT2D eigenvalue weighted by molar-refractivity contribution is 0.100. The Morgan fingerprint density at radius 1 is 1.38 bits per heavy atom. The predicted molar refractivity (Wildman–Crippen MR) is 104 cm³/mol. The Bertz CT molecular complexity index is 933. The molecule has 0 unspecified atom stereocenters. The molecule has 2 aromatic rings. The first-order chi connectivity index (χ1) is 13.9. The number of aromatic nitrogens is 2. The van der Waals surface area contributed by atoms with Gasteiger partial charge in [0.05, 0.1) is 24.2 Å². The van der Waals surface area contributed by atoms with Crippen molar-refractivity contribution >= 4 is 23.1 Å². The second kappa shape index (κ2) is 8.79. The van der Waals surface area contributed by atoms with E-state index in [1.54, 1.807) is 24.3 Å². The number of nitrogens with one attached hydrogen (secondary N) is 3. The van der Waals surface area contributed by atoms with E-state index in [1.165, 1.54) is 10.9 Å². The number of nitrogens with zero attached hydrogens (tertiary/aromatic N) is 3. The molecule has 152 valence electrons. The van der Waals surface area contributed by atoms with Gasteiger partial charge >= 0.3 is 0 Å². The number of nitrogens with two attached hydrogens (primary N) is 1. The Balaban J connectivity index is 1.75. The summed E-state index contributed by atoms with van der Waals surface area (Å²) in [6.45, 7) is -0.394. The van der Waals surface area contributed by atoms with Gasteiger partial charge in [-0.2, -0.15) is 10.4 Å². The van der Waals surface area contributed by atoms with E-state index in [0.29, 0.717) is 36.2 Å². The highest BCUT2D eigenvalue weighted by Gasteiger charge is 2.29. The van der Waals surface area contributed by atoms with Crippen molar-refractivity contribution in [2.75, 3.05) is 11.9 Å². The molecule has 29 heavy (non-hydrogen) atoms. The van der Waals surface area contributed by atoms with Crippen molar-refractivity contribution in [3.05, 3.63) is 41.6 Å². The normalized spacial score (nSPS) is 19.2. The maximum atomic E-state index is 12.4. The zero-order valence-corrected chi connectivity index (χ0v) is 15.5. The fourth-order valence-corrected chi connectivity index (χ4v) is 3.35. The van der Waals surface area contributed by atoms with Crippen LogP contribution in [0.2, 0.25) is 0 Å². The smallest absolute Gasteiger partial charge is 0.254 e. The van der Waals surface area contributed by atoms with E-state index in [2.05, 4.69) is 15.7 Å². The van der Waals surface area contributed by atoms with Gasteiger partial charge in [0, 0.05) is 30.1 Å². The van der Waals surface area contributed by atoms with Crippen LogP contribution in [0.15, 0.2) is 30.5 Å². The summed E-state index contributed by atoms with van der Waals surface area (Å²) >= 11 is 0. The second-order valence-corrected chi connectivity index (χ2v) is 6.87. The van der Waals surface area contributed by atoms with Crippen LogP contribution in [0.4, 0.5) is 20.3 Å². The summed E-state index contributed by atoms with van der Waals surface area (Å²) in [5.74, 6) is -0.404. The number of anilines is 2. The van der Waals surface area contributed by atoms with Crippen LogP contribution in [0.3, 0.4) is 0 Å². The van der Waals surface area contributed by atoms with E-state index < -0.39 is 18.9 Å². The van der Waals surface area contributed by atoms with Gasteiger partial charge in [-0.25, -0.2) is 8.78 Å². The molecular weight excluding hydrogens is 380 g/mol. The number of halogens is 2. The number of carbonyl (C=O) groups excluding carboxylic acids is 1. The summed E-state index contributed by atoms with van der Waals surface area (Å²) in [6, 6.07) is 8.12. The van der Waals surface area contributed by atoms with E-state index in [4.69, 9.17) is 16.4 Å². The lowest BCUT2D eigenvalue weighted by atomic mass is 9.89. The molecule has 2 atom stereocenters. The van der Waals surface area contributed by atoms with Gasteiger partial charge in [-0.05, 0) is 37.1 Å². The molecule has 0 bridgehead atoms. The molecule has 1 amide bonds. The molecule has 5 N–H and O–H groups in total. The fraction of sp³-hybridized carbons (Fsp3) is 0.368. The largest absolute Gasteiger partial charge is 0.365 e. The number of alkyl halides is 2. The quantitative estimate of drug-likeness (QED) is 0.566. The van der Waals surface area contributed by atoms with Crippen molar-refractivity contribution in [1.82, 2.24) is 15.1 Å². The van der Waals surface area contributed by atoms with Crippen LogP contribution < -0.4 is 16.4 Å². The lowest BCUT2D eigenvalue weighted by Crippen LogP contribution is -2.40. The number of nitriles is 1. The molecule has 3 rings (SSSR count). The molecule has 0 spiro atoms. The Hall–Kier alpha value is -3.32. The highest BCUT2D eigenvalue weighted by molar-refractivity contribution is 5.98. The lowest BCUT2D eigenvalue weighted by Gasteiger charge is -2.30. The van der Waals surface area contributed by atoms with Crippen molar-refractivity contribution in [3.8, 4) is 6.07 Å². The summed E-state index contributed by atoms with van der Waals surface area (Å²) in [4.78, 5) is 11.8. The molecule has 8 nitrogen and oxygen atoms in total. The van der Waals surface area contributed by atoms with Gasteiger partial charge in [0.15, 0.2) is 5.82 Å². The topological polar surface area (TPSA) is 133 Å². The number of carbonyl (C=O) groups is 1. The summed E-state index contributed by atoms with van der Waals surface area (Å²) in [5.41, 5.74) is 7.14. The van der Waals surface area contributed by atoms with Crippen LogP contribution in [-0.2, 0) is 0 Å². The van der Waals surface area contributed by atoms with Gasteiger partial charge in [0.1, 0.15) is 5.56 Å². The SMILES string of the molecule is N#Cc1ccc(Nc2nn([C@H]3CC[C@H](NCC(F)F)CC3=N)cc2C(N)=O)cc1. The number of hydrogen-bond donors (Lipinski definition) is 4. The van der Waals surface area contributed by atoms with Crippen LogP contribution in [-0.4, -0.2) is 40.4 Å². The van der Waals surface area contributed by atoms with E-state index in [1.807, 2.05) is 6.07 Å². The molecule has 1 fully saturated rings. The average molecular weight is 401 g/mol. The monoisotopic (exact) mass is 401 g/mol. The van der Waals surface area contributed by atoms with Crippen LogP contribution in [0, 0.1) is 16.7 Å². The van der Waals surface area contributed by atoms with Crippen LogP contribution in [0.1, 0.15) is 41.2 Å². The highest BCUT2D eigenvalue weighted by atomic mass is 19.3. The van der Waals surface area contributed by atoms with Gasteiger partial charge in [0.25, 0.3) is 12.3 Å². The van der Waals surface area contributed by atoms with E-state index in [-0.39, 0.29) is 23.5 Å².